The largest absolute Gasteiger partial charge is 0.493 e. The van der Waals surface area contributed by atoms with Crippen LogP contribution in [0.3, 0.4) is 0 Å². The predicted molar refractivity (Wildman–Crippen MR) is 116 cm³/mol. The first kappa shape index (κ1) is 21.2. The molecule has 1 heterocycles. The van der Waals surface area contributed by atoms with Crippen LogP contribution >= 0.6 is 0 Å². The maximum atomic E-state index is 12.9. The number of benzene rings is 2. The van der Waals surface area contributed by atoms with E-state index in [9.17, 15) is 9.59 Å². The van der Waals surface area contributed by atoms with Gasteiger partial charge in [-0.25, -0.2) is 0 Å². The minimum absolute atomic E-state index is 0.265. The van der Waals surface area contributed by atoms with Crippen molar-refractivity contribution in [3.05, 3.63) is 83.8 Å². The normalized spacial score (nSPS) is 10.6. The van der Waals surface area contributed by atoms with Gasteiger partial charge in [0.15, 0.2) is 0 Å². The number of furan rings is 1. The number of amides is 2. The van der Waals surface area contributed by atoms with E-state index in [4.69, 9.17) is 9.15 Å². The fourth-order valence-corrected chi connectivity index (χ4v) is 2.84. The van der Waals surface area contributed by atoms with Crippen molar-refractivity contribution in [1.82, 2.24) is 5.32 Å². The summed E-state index contributed by atoms with van der Waals surface area (Å²) in [7, 11) is 0. The van der Waals surface area contributed by atoms with Gasteiger partial charge in [-0.05, 0) is 48.7 Å². The van der Waals surface area contributed by atoms with E-state index in [-0.39, 0.29) is 18.4 Å². The van der Waals surface area contributed by atoms with Gasteiger partial charge < -0.3 is 19.8 Å². The first-order chi connectivity index (χ1) is 14.5. The third kappa shape index (κ3) is 5.73. The molecule has 0 aliphatic carbocycles. The Hall–Kier alpha value is -3.54. The number of anilines is 1. The van der Waals surface area contributed by atoms with Crippen molar-refractivity contribution in [2.45, 2.75) is 26.8 Å². The molecule has 6 nitrogen and oxygen atoms in total. The molecule has 2 aromatic carbocycles. The number of para-hydroxylation sites is 2. The van der Waals surface area contributed by atoms with Crippen molar-refractivity contribution in [2.75, 3.05) is 11.9 Å². The van der Waals surface area contributed by atoms with E-state index in [2.05, 4.69) is 24.5 Å². The highest BCUT2D eigenvalue weighted by atomic mass is 16.5. The summed E-state index contributed by atoms with van der Waals surface area (Å²) in [6.45, 7) is 5.04. The van der Waals surface area contributed by atoms with Gasteiger partial charge in [0.1, 0.15) is 11.5 Å². The average Bonchev–Trinajstić information content (AvgIpc) is 3.26. The molecule has 6 heteroatoms. The third-order valence-electron chi connectivity index (χ3n) is 4.51. The first-order valence-corrected chi connectivity index (χ1v) is 9.97. The lowest BCUT2D eigenvalue weighted by molar-refractivity contribution is 0.0949. The van der Waals surface area contributed by atoms with Gasteiger partial charge in [-0.15, -0.1) is 0 Å². The summed E-state index contributed by atoms with van der Waals surface area (Å²) >= 11 is 0. The molecular formula is C24H26N2O4. The van der Waals surface area contributed by atoms with Gasteiger partial charge in [-0.1, -0.05) is 38.1 Å². The fraction of sp³-hybridized carbons (Fsp3) is 0.250. The lowest BCUT2D eigenvalue weighted by atomic mass is 10.1. The monoisotopic (exact) mass is 406 g/mol. The molecule has 2 N–H and O–H groups in total. The van der Waals surface area contributed by atoms with Gasteiger partial charge in [0.2, 0.25) is 0 Å². The van der Waals surface area contributed by atoms with E-state index in [0.29, 0.717) is 40.8 Å². The lowest BCUT2D eigenvalue weighted by Crippen LogP contribution is -2.24. The van der Waals surface area contributed by atoms with Crippen LogP contribution in [0.1, 0.15) is 46.7 Å². The Morgan fingerprint density at radius 1 is 0.933 bits per heavy atom. The Morgan fingerprint density at radius 3 is 2.40 bits per heavy atom. The summed E-state index contributed by atoms with van der Waals surface area (Å²) in [4.78, 5) is 25.5. The zero-order chi connectivity index (χ0) is 21.3. The minimum Gasteiger partial charge on any atom is -0.493 e. The van der Waals surface area contributed by atoms with Crippen LogP contribution in [0, 0.1) is 5.92 Å². The van der Waals surface area contributed by atoms with Crippen LogP contribution in [0.15, 0.2) is 71.3 Å². The molecule has 156 valence electrons. The van der Waals surface area contributed by atoms with Crippen molar-refractivity contribution in [3.63, 3.8) is 0 Å². The molecule has 0 spiro atoms. The van der Waals surface area contributed by atoms with Crippen molar-refractivity contribution >= 4 is 17.5 Å². The molecule has 0 atom stereocenters. The van der Waals surface area contributed by atoms with E-state index in [0.717, 1.165) is 6.42 Å². The van der Waals surface area contributed by atoms with Crippen LogP contribution in [0.25, 0.3) is 0 Å². The van der Waals surface area contributed by atoms with Gasteiger partial charge in [0, 0.05) is 0 Å². The van der Waals surface area contributed by atoms with Crippen LogP contribution in [0.2, 0.25) is 0 Å². The number of hydrogen-bond acceptors (Lipinski definition) is 4. The SMILES string of the molecule is CC(C)CCOc1ccccc1C(=O)Nc1ccccc1C(=O)NCc1ccco1. The molecule has 0 radical (unpaired) electrons. The van der Waals surface area contributed by atoms with Gasteiger partial charge in [0.05, 0.1) is 36.2 Å². The molecule has 0 aliphatic rings. The average molecular weight is 406 g/mol. The van der Waals surface area contributed by atoms with Crippen LogP contribution in [0.4, 0.5) is 5.69 Å². The van der Waals surface area contributed by atoms with Crippen molar-refractivity contribution in [3.8, 4) is 5.75 Å². The van der Waals surface area contributed by atoms with Gasteiger partial charge in [0.25, 0.3) is 11.8 Å². The Balaban J connectivity index is 1.71. The lowest BCUT2D eigenvalue weighted by Gasteiger charge is -2.14. The Bertz CT molecular complexity index is 980. The van der Waals surface area contributed by atoms with Crippen LogP contribution in [-0.2, 0) is 6.54 Å². The number of carbonyl (C=O) groups is 2. The Kier molecular flexibility index (Phi) is 7.27. The molecule has 1 aromatic heterocycles. The molecule has 0 saturated carbocycles. The zero-order valence-corrected chi connectivity index (χ0v) is 17.2. The second-order valence-electron chi connectivity index (χ2n) is 7.29. The first-order valence-electron chi connectivity index (χ1n) is 9.97. The predicted octanol–water partition coefficient (Wildman–Crippen LogP) is 4.89. The van der Waals surface area contributed by atoms with Crippen molar-refractivity contribution in [2.24, 2.45) is 5.92 Å². The topological polar surface area (TPSA) is 80.6 Å². The molecule has 0 bridgehead atoms. The molecule has 3 rings (SSSR count). The molecular weight excluding hydrogens is 380 g/mol. The minimum atomic E-state index is -0.332. The highest BCUT2D eigenvalue weighted by molar-refractivity contribution is 6.10. The summed E-state index contributed by atoms with van der Waals surface area (Å²) in [5, 5.41) is 5.63. The fourth-order valence-electron chi connectivity index (χ4n) is 2.84. The van der Waals surface area contributed by atoms with Crippen molar-refractivity contribution in [1.29, 1.82) is 0 Å². The maximum absolute atomic E-state index is 12.9. The number of rotatable bonds is 9. The highest BCUT2D eigenvalue weighted by Gasteiger charge is 2.17. The van der Waals surface area contributed by atoms with Crippen molar-refractivity contribution < 1.29 is 18.7 Å². The van der Waals surface area contributed by atoms with Crippen LogP contribution in [0.5, 0.6) is 5.75 Å². The molecule has 0 saturated heterocycles. The second kappa shape index (κ2) is 10.3. The van der Waals surface area contributed by atoms with E-state index in [1.165, 1.54) is 0 Å². The van der Waals surface area contributed by atoms with Gasteiger partial charge in [-0.2, -0.15) is 0 Å². The smallest absolute Gasteiger partial charge is 0.259 e. The molecule has 30 heavy (non-hydrogen) atoms. The molecule has 0 aliphatic heterocycles. The summed E-state index contributed by atoms with van der Waals surface area (Å²) in [5.41, 5.74) is 1.22. The number of nitrogens with one attached hydrogen (secondary N) is 2. The molecule has 2 amide bonds. The quantitative estimate of drug-likeness (QED) is 0.530. The van der Waals surface area contributed by atoms with Gasteiger partial charge in [-0.3, -0.25) is 9.59 Å². The highest BCUT2D eigenvalue weighted by Crippen LogP contribution is 2.22. The molecule has 0 unspecified atom stereocenters. The molecule has 0 fully saturated rings. The number of carbonyl (C=O) groups excluding carboxylic acids is 2. The standard InChI is InChI=1S/C24H26N2O4/c1-17(2)13-15-30-22-12-6-4-10-20(22)24(28)26-21-11-5-3-9-19(21)23(27)25-16-18-8-7-14-29-18/h3-12,14,17H,13,15-16H2,1-2H3,(H,25,27)(H,26,28). The maximum Gasteiger partial charge on any atom is 0.259 e. The number of hydrogen-bond donors (Lipinski definition) is 2. The van der Waals surface area contributed by atoms with E-state index >= 15 is 0 Å². The van der Waals surface area contributed by atoms with Gasteiger partial charge >= 0.3 is 0 Å². The Labute approximate surface area is 176 Å². The zero-order valence-electron chi connectivity index (χ0n) is 17.2. The number of ether oxygens (including phenoxy) is 1. The summed E-state index contributed by atoms with van der Waals surface area (Å²) in [5.74, 6) is 1.05. The van der Waals surface area contributed by atoms with E-state index in [1.54, 1.807) is 60.9 Å². The summed E-state index contributed by atoms with van der Waals surface area (Å²) in [6, 6.07) is 17.5. The molecule has 3 aromatic rings. The van der Waals surface area contributed by atoms with E-state index in [1.807, 2.05) is 6.07 Å². The third-order valence-corrected chi connectivity index (χ3v) is 4.51. The summed E-state index contributed by atoms with van der Waals surface area (Å²) in [6.07, 6.45) is 2.45. The van der Waals surface area contributed by atoms with E-state index < -0.39 is 0 Å². The summed E-state index contributed by atoms with van der Waals surface area (Å²) < 4.78 is 11.0. The van der Waals surface area contributed by atoms with Crippen LogP contribution in [-0.4, -0.2) is 18.4 Å². The Morgan fingerprint density at radius 2 is 1.67 bits per heavy atom. The van der Waals surface area contributed by atoms with Crippen LogP contribution < -0.4 is 15.4 Å². The second-order valence-corrected chi connectivity index (χ2v) is 7.29.